The summed E-state index contributed by atoms with van der Waals surface area (Å²) >= 11 is 0. The van der Waals surface area contributed by atoms with Crippen LogP contribution in [0.25, 0.3) is 0 Å². The van der Waals surface area contributed by atoms with Crippen molar-refractivity contribution in [1.82, 2.24) is 20.4 Å². The second-order valence-corrected chi connectivity index (χ2v) is 19.0. The number of amides is 3. The molecule has 0 bridgehead atoms. The summed E-state index contributed by atoms with van der Waals surface area (Å²) in [4.78, 5) is 73.8. The van der Waals surface area contributed by atoms with Crippen LogP contribution in [0.15, 0.2) is 60.2 Å². The van der Waals surface area contributed by atoms with Crippen molar-refractivity contribution in [2.75, 3.05) is 53.7 Å². The standard InChI is InChI=1S/C48H73N5O17/c1-27(2)32(24-28(3)43(60)61)52(9)42(59)38(47(4,5)6)51-41(58)39(48(7,8)30-14-12-11-13-15-30)53(10)46(64)67-26-29-16-17-33(69-45-36(56)34(54)35(55)37(70-45)44(62)63)31(25-29)40(57)50-18-19-65-20-21-66-22-23-68-49/h11-17,24-25,27,32,34-40,45,50,54-57H,18-23,26,49H2,1-10H3,(H,51,58)(H,60,61)(H,62,63)/b28-24+/t32-,34+,35+,36-,37+,38-,39-,40?,45-/m1/s1. The summed E-state index contributed by atoms with van der Waals surface area (Å²) in [5.74, 6) is 0.705. The normalized spacial score (nSPS) is 20.5. The van der Waals surface area contributed by atoms with Crippen LogP contribution in [0.1, 0.15) is 78.3 Å². The van der Waals surface area contributed by atoms with Crippen molar-refractivity contribution in [3.63, 3.8) is 0 Å². The van der Waals surface area contributed by atoms with Crippen molar-refractivity contribution in [1.29, 1.82) is 0 Å². The Morgan fingerprint density at radius 2 is 1.47 bits per heavy atom. The number of carboxylic acids is 2. The van der Waals surface area contributed by atoms with Crippen LogP contribution in [-0.4, -0.2) is 173 Å². The quantitative estimate of drug-likeness (QED) is 0.0279. The number of carboxylic acid groups (broad SMARTS) is 2. The number of nitrogens with one attached hydrogen (secondary N) is 2. The molecule has 0 aliphatic carbocycles. The third kappa shape index (κ3) is 16.1. The summed E-state index contributed by atoms with van der Waals surface area (Å²) in [5, 5.41) is 67.6. The maximum Gasteiger partial charge on any atom is 0.410 e. The Bertz CT molecular complexity index is 2070. The molecule has 22 heteroatoms. The lowest BCUT2D eigenvalue weighted by Crippen LogP contribution is -2.63. The van der Waals surface area contributed by atoms with Crippen LogP contribution in [0.2, 0.25) is 0 Å². The number of hydrogen-bond acceptors (Lipinski definition) is 17. The lowest BCUT2D eigenvalue weighted by molar-refractivity contribution is -0.271. The van der Waals surface area contributed by atoms with Gasteiger partial charge in [-0.05, 0) is 41.5 Å². The van der Waals surface area contributed by atoms with Gasteiger partial charge in [0.25, 0.3) is 0 Å². The number of carbonyl (C=O) groups excluding carboxylic acids is 3. The molecule has 1 unspecified atom stereocenters. The minimum atomic E-state index is -1.98. The van der Waals surface area contributed by atoms with Gasteiger partial charge in [-0.15, -0.1) is 0 Å². The lowest BCUT2D eigenvalue weighted by Gasteiger charge is -2.42. The maximum atomic E-state index is 14.8. The van der Waals surface area contributed by atoms with Crippen LogP contribution in [0.3, 0.4) is 0 Å². The Balaban J connectivity index is 1.95. The zero-order valence-electron chi connectivity index (χ0n) is 41.6. The van der Waals surface area contributed by atoms with Gasteiger partial charge in [0.15, 0.2) is 6.10 Å². The molecular formula is C48H73N5O17. The first-order valence-corrected chi connectivity index (χ1v) is 22.8. The molecule has 1 aliphatic heterocycles. The monoisotopic (exact) mass is 992 g/mol. The topological polar surface area (TPSA) is 319 Å². The minimum absolute atomic E-state index is 0.00560. The average Bonchev–Trinajstić information content (AvgIpc) is 3.30. The van der Waals surface area contributed by atoms with E-state index < -0.39 is 102 Å². The van der Waals surface area contributed by atoms with Crippen molar-refractivity contribution < 1.29 is 83.1 Å². The second kappa shape index (κ2) is 26.8. The van der Waals surface area contributed by atoms with Gasteiger partial charge in [-0.1, -0.05) is 90.9 Å². The van der Waals surface area contributed by atoms with Crippen molar-refractivity contribution >= 4 is 29.8 Å². The van der Waals surface area contributed by atoms with Gasteiger partial charge in [-0.2, -0.15) is 0 Å². The largest absolute Gasteiger partial charge is 0.479 e. The number of aliphatic hydroxyl groups excluding tert-OH is 4. The molecule has 10 N–H and O–H groups in total. The van der Waals surface area contributed by atoms with E-state index in [2.05, 4.69) is 15.5 Å². The Morgan fingerprint density at radius 1 is 0.857 bits per heavy atom. The first kappa shape index (κ1) is 59.0. The molecule has 22 nitrogen and oxygen atoms in total. The van der Waals surface area contributed by atoms with Crippen molar-refractivity contribution in [2.24, 2.45) is 17.2 Å². The van der Waals surface area contributed by atoms with Gasteiger partial charge >= 0.3 is 18.0 Å². The molecular weight excluding hydrogens is 919 g/mol. The fourth-order valence-electron chi connectivity index (χ4n) is 7.75. The molecule has 1 saturated heterocycles. The predicted octanol–water partition coefficient (Wildman–Crippen LogP) is 1.42. The number of aliphatic hydroxyl groups is 4. The third-order valence-electron chi connectivity index (χ3n) is 11.8. The smallest absolute Gasteiger partial charge is 0.410 e. The van der Waals surface area contributed by atoms with E-state index in [-0.39, 0.29) is 62.4 Å². The summed E-state index contributed by atoms with van der Waals surface area (Å²) in [6.45, 7) is 14.7. The van der Waals surface area contributed by atoms with Gasteiger partial charge in [0, 0.05) is 37.2 Å². The Hall–Kier alpha value is -5.27. The van der Waals surface area contributed by atoms with Crippen LogP contribution in [0.5, 0.6) is 5.75 Å². The molecule has 9 atom stereocenters. The fraction of sp³-hybridized carbons (Fsp3) is 0.604. The molecule has 2 aromatic rings. The summed E-state index contributed by atoms with van der Waals surface area (Å²) < 4.78 is 27.7. The number of rotatable bonds is 26. The Kier molecular flexibility index (Phi) is 22.6. The molecule has 0 spiro atoms. The highest BCUT2D eigenvalue weighted by molar-refractivity contribution is 5.93. The van der Waals surface area contributed by atoms with Crippen LogP contribution >= 0.6 is 0 Å². The SMILES string of the molecule is C/C(=C\[C@H](C(C)C)N(C)C(=O)[C@@H](NC(=O)[C@@H](N(C)C(=O)OCc1ccc(O[C@@H]2O[C@H](C(=O)O)[C@@H](O)[C@H](O)[C@H]2O)c(C(O)NCCOCCOCCON)c1)C(C)(C)c1ccccc1)C(C)(C)C)C(=O)O. The first-order valence-electron chi connectivity index (χ1n) is 22.8. The summed E-state index contributed by atoms with van der Waals surface area (Å²) in [6, 6.07) is 10.1. The van der Waals surface area contributed by atoms with Gasteiger partial charge < -0.3 is 69.4 Å². The third-order valence-corrected chi connectivity index (χ3v) is 11.8. The highest BCUT2D eigenvalue weighted by Crippen LogP contribution is 2.34. The molecule has 2 aromatic carbocycles. The van der Waals surface area contributed by atoms with Gasteiger partial charge in [-0.25, -0.2) is 20.3 Å². The van der Waals surface area contributed by atoms with E-state index in [0.717, 1.165) is 4.90 Å². The summed E-state index contributed by atoms with van der Waals surface area (Å²) in [6.07, 6.45) is -10.6. The second-order valence-electron chi connectivity index (χ2n) is 19.0. The fourth-order valence-corrected chi connectivity index (χ4v) is 7.75. The first-order chi connectivity index (χ1) is 32.8. The van der Waals surface area contributed by atoms with Crippen LogP contribution in [-0.2, 0) is 55.0 Å². The van der Waals surface area contributed by atoms with Crippen molar-refractivity contribution in [3.05, 3.63) is 76.9 Å². The number of benzene rings is 2. The Morgan fingerprint density at radius 3 is 2.04 bits per heavy atom. The number of nitrogens with zero attached hydrogens (tertiary/aromatic N) is 2. The Labute approximate surface area is 408 Å². The van der Waals surface area contributed by atoms with Crippen LogP contribution < -0.4 is 21.3 Å². The van der Waals surface area contributed by atoms with E-state index >= 15 is 0 Å². The lowest BCUT2D eigenvalue weighted by atomic mass is 9.76. The zero-order chi connectivity index (χ0) is 52.7. The van der Waals surface area contributed by atoms with Gasteiger partial charge in [0.05, 0.1) is 39.1 Å². The van der Waals surface area contributed by atoms with Gasteiger partial charge in [0.2, 0.25) is 18.1 Å². The van der Waals surface area contributed by atoms with Gasteiger partial charge in [0.1, 0.15) is 49.0 Å². The van der Waals surface area contributed by atoms with Gasteiger partial charge in [-0.3, -0.25) is 19.8 Å². The molecule has 392 valence electrons. The number of carbonyl (C=O) groups is 5. The molecule has 1 aliphatic rings. The van der Waals surface area contributed by atoms with E-state index in [0.29, 0.717) is 11.1 Å². The highest BCUT2D eigenvalue weighted by atomic mass is 16.7. The maximum absolute atomic E-state index is 14.8. The van der Waals surface area contributed by atoms with E-state index in [1.807, 2.05) is 13.8 Å². The van der Waals surface area contributed by atoms with Crippen molar-refractivity contribution in [2.45, 2.75) is 122 Å². The minimum Gasteiger partial charge on any atom is -0.479 e. The number of nitrogens with two attached hydrogens (primary N) is 1. The highest BCUT2D eigenvalue weighted by Gasteiger charge is 2.49. The van der Waals surface area contributed by atoms with Crippen molar-refractivity contribution in [3.8, 4) is 5.75 Å². The predicted molar refractivity (Wildman–Crippen MR) is 252 cm³/mol. The molecule has 70 heavy (non-hydrogen) atoms. The van der Waals surface area contributed by atoms with Crippen LogP contribution in [0, 0.1) is 11.3 Å². The molecule has 3 rings (SSSR count). The molecule has 3 amide bonds. The van der Waals surface area contributed by atoms with E-state index in [9.17, 15) is 54.6 Å². The molecule has 0 saturated carbocycles. The van der Waals surface area contributed by atoms with E-state index in [1.54, 1.807) is 72.0 Å². The number of likely N-dealkylation sites (N-methyl/N-ethyl adjacent to an activating group) is 2. The average molecular weight is 992 g/mol. The van der Waals surface area contributed by atoms with E-state index in [4.69, 9.17) is 29.6 Å². The molecule has 0 radical (unpaired) electrons. The van der Waals surface area contributed by atoms with Crippen LogP contribution in [0.4, 0.5) is 4.79 Å². The van der Waals surface area contributed by atoms with E-state index in [1.165, 1.54) is 43.1 Å². The summed E-state index contributed by atoms with van der Waals surface area (Å²) in [5.41, 5.74) is -0.958. The zero-order valence-corrected chi connectivity index (χ0v) is 41.6. The number of aliphatic carboxylic acids is 2. The molecule has 0 aromatic heterocycles. The number of hydrogen-bond donors (Lipinski definition) is 9. The summed E-state index contributed by atoms with van der Waals surface area (Å²) in [7, 11) is 2.93. The molecule has 1 heterocycles. The molecule has 1 fully saturated rings. The number of ether oxygens (including phenoxy) is 5.